The maximum Gasteiger partial charge on any atom is 0.378 e. The summed E-state index contributed by atoms with van der Waals surface area (Å²) in [4.78, 5) is 0. The predicted octanol–water partition coefficient (Wildman–Crippen LogP) is 1.67. The second-order valence-corrected chi connectivity index (χ2v) is 3.97. The van der Waals surface area contributed by atoms with Gasteiger partial charge in [-0.3, -0.25) is 4.57 Å². The summed E-state index contributed by atoms with van der Waals surface area (Å²) in [5, 5.41) is 11.2. The van der Waals surface area contributed by atoms with Crippen molar-refractivity contribution in [2.75, 3.05) is 14.2 Å². The van der Waals surface area contributed by atoms with Crippen LogP contribution < -0.4 is 0 Å². The topological polar surface area (TPSA) is 68.1 Å². The Bertz CT molecular complexity index is 183. The van der Waals surface area contributed by atoms with E-state index in [1.54, 1.807) is 6.92 Å². The number of oxime groups is 1. The lowest BCUT2D eigenvalue weighted by molar-refractivity contribution is 0.282. The van der Waals surface area contributed by atoms with Gasteiger partial charge in [0.25, 0.3) is 0 Å². The van der Waals surface area contributed by atoms with Crippen molar-refractivity contribution >= 4 is 13.0 Å². The minimum atomic E-state index is -3.29. The van der Waals surface area contributed by atoms with E-state index >= 15 is 0 Å². The van der Waals surface area contributed by atoms with E-state index in [0.29, 0.717) is 6.42 Å². The second kappa shape index (κ2) is 4.49. The van der Waals surface area contributed by atoms with Crippen LogP contribution in [0, 0.1) is 0 Å². The molecule has 0 rings (SSSR count). The second-order valence-electron chi connectivity index (χ2n) is 1.73. The lowest BCUT2D eigenvalue weighted by atomic mass is 10.5. The quantitative estimate of drug-likeness (QED) is 0.310. The van der Waals surface area contributed by atoms with Crippen LogP contribution in [0.4, 0.5) is 0 Å². The van der Waals surface area contributed by atoms with Crippen LogP contribution in [0.15, 0.2) is 5.16 Å². The highest BCUT2D eigenvalue weighted by Gasteiger charge is 2.28. The maximum atomic E-state index is 11.4. The van der Waals surface area contributed by atoms with Gasteiger partial charge in [0.15, 0.2) is 5.45 Å². The molecule has 0 aromatic rings. The Balaban J connectivity index is 4.62. The highest BCUT2D eigenvalue weighted by Crippen LogP contribution is 2.48. The van der Waals surface area contributed by atoms with Gasteiger partial charge in [0.05, 0.1) is 0 Å². The molecule has 5 nitrogen and oxygen atoms in total. The molecule has 0 aliphatic heterocycles. The van der Waals surface area contributed by atoms with Gasteiger partial charge in [0.2, 0.25) is 0 Å². The molecular formula is C5H12NO4P. The van der Waals surface area contributed by atoms with Crippen molar-refractivity contribution in [2.24, 2.45) is 5.16 Å². The first-order valence-electron chi connectivity index (χ1n) is 3.07. The monoisotopic (exact) mass is 181 g/mol. The Morgan fingerprint density at radius 3 is 2.09 bits per heavy atom. The summed E-state index contributed by atoms with van der Waals surface area (Å²) in [6.07, 6.45) is 0.329. The Kier molecular flexibility index (Phi) is 4.33. The molecular weight excluding hydrogens is 169 g/mol. The SMILES string of the molecule is CC/C(=N\O)P(=O)(OC)OC. The Hall–Kier alpha value is -0.380. The van der Waals surface area contributed by atoms with E-state index in [2.05, 4.69) is 14.2 Å². The van der Waals surface area contributed by atoms with Crippen LogP contribution in [-0.4, -0.2) is 24.9 Å². The Labute approximate surface area is 65.5 Å². The molecule has 0 saturated carbocycles. The summed E-state index contributed by atoms with van der Waals surface area (Å²) in [6, 6.07) is 0. The van der Waals surface area contributed by atoms with E-state index < -0.39 is 7.60 Å². The van der Waals surface area contributed by atoms with Gasteiger partial charge in [-0.2, -0.15) is 0 Å². The van der Waals surface area contributed by atoms with Crippen LogP contribution in [0.5, 0.6) is 0 Å². The van der Waals surface area contributed by atoms with Gasteiger partial charge < -0.3 is 14.3 Å². The molecule has 11 heavy (non-hydrogen) atoms. The lowest BCUT2D eigenvalue weighted by Crippen LogP contribution is -2.02. The first-order valence-corrected chi connectivity index (χ1v) is 4.61. The van der Waals surface area contributed by atoms with Crippen LogP contribution in [0.3, 0.4) is 0 Å². The molecule has 0 fully saturated rings. The van der Waals surface area contributed by atoms with Gasteiger partial charge in [0, 0.05) is 14.2 Å². The molecule has 0 radical (unpaired) electrons. The highest BCUT2D eigenvalue weighted by molar-refractivity contribution is 7.72. The van der Waals surface area contributed by atoms with Crippen LogP contribution in [0.2, 0.25) is 0 Å². The smallest absolute Gasteiger partial charge is 0.378 e. The van der Waals surface area contributed by atoms with Crippen molar-refractivity contribution in [3.05, 3.63) is 0 Å². The molecule has 0 aromatic heterocycles. The summed E-state index contributed by atoms with van der Waals surface area (Å²) in [6.45, 7) is 1.69. The Morgan fingerprint density at radius 1 is 1.55 bits per heavy atom. The molecule has 0 unspecified atom stereocenters. The fourth-order valence-electron chi connectivity index (χ4n) is 0.604. The summed E-state index contributed by atoms with van der Waals surface area (Å²) < 4.78 is 20.5. The first-order chi connectivity index (χ1) is 5.14. The number of nitrogens with zero attached hydrogens (tertiary/aromatic N) is 1. The van der Waals surface area contributed by atoms with Gasteiger partial charge in [-0.25, -0.2) is 0 Å². The zero-order chi connectivity index (χ0) is 8.91. The molecule has 0 atom stereocenters. The van der Waals surface area contributed by atoms with Crippen LogP contribution in [-0.2, 0) is 13.6 Å². The summed E-state index contributed by atoms with van der Waals surface area (Å²) in [5.41, 5.74) is 0.0301. The molecule has 0 spiro atoms. The van der Waals surface area contributed by atoms with E-state index in [1.807, 2.05) is 0 Å². The number of hydrogen-bond donors (Lipinski definition) is 1. The van der Waals surface area contributed by atoms with E-state index in [0.717, 1.165) is 0 Å². The predicted molar refractivity (Wildman–Crippen MR) is 41.1 cm³/mol. The van der Waals surface area contributed by atoms with Crippen molar-refractivity contribution in [1.29, 1.82) is 0 Å². The van der Waals surface area contributed by atoms with Crippen molar-refractivity contribution < 1.29 is 18.8 Å². The van der Waals surface area contributed by atoms with Crippen molar-refractivity contribution in [1.82, 2.24) is 0 Å². The normalized spacial score (nSPS) is 13.5. The molecule has 0 bridgehead atoms. The molecule has 0 saturated heterocycles. The molecule has 66 valence electrons. The fraction of sp³-hybridized carbons (Fsp3) is 0.800. The first kappa shape index (κ1) is 10.6. The molecule has 0 aliphatic carbocycles. The largest absolute Gasteiger partial charge is 0.410 e. The van der Waals surface area contributed by atoms with Gasteiger partial charge in [-0.15, -0.1) is 0 Å². The highest BCUT2D eigenvalue weighted by atomic mass is 31.2. The molecule has 6 heteroatoms. The van der Waals surface area contributed by atoms with Crippen molar-refractivity contribution in [3.8, 4) is 0 Å². The van der Waals surface area contributed by atoms with Crippen LogP contribution in [0.1, 0.15) is 13.3 Å². The van der Waals surface area contributed by atoms with Crippen LogP contribution in [0.25, 0.3) is 0 Å². The minimum Gasteiger partial charge on any atom is -0.410 e. The molecule has 1 N–H and O–H groups in total. The lowest BCUT2D eigenvalue weighted by Gasteiger charge is -2.12. The van der Waals surface area contributed by atoms with E-state index in [4.69, 9.17) is 5.21 Å². The van der Waals surface area contributed by atoms with Gasteiger partial charge >= 0.3 is 7.60 Å². The van der Waals surface area contributed by atoms with Gasteiger partial charge in [-0.05, 0) is 6.42 Å². The molecule has 0 heterocycles. The third kappa shape index (κ3) is 2.29. The average Bonchev–Trinajstić information content (AvgIpc) is 2.06. The van der Waals surface area contributed by atoms with E-state index in [9.17, 15) is 4.57 Å². The summed E-state index contributed by atoms with van der Waals surface area (Å²) >= 11 is 0. The minimum absolute atomic E-state index is 0.0301. The van der Waals surface area contributed by atoms with E-state index in [1.165, 1.54) is 14.2 Å². The zero-order valence-electron chi connectivity index (χ0n) is 6.77. The Morgan fingerprint density at radius 2 is 2.00 bits per heavy atom. The van der Waals surface area contributed by atoms with Gasteiger partial charge in [0.1, 0.15) is 0 Å². The van der Waals surface area contributed by atoms with Crippen molar-refractivity contribution in [3.63, 3.8) is 0 Å². The van der Waals surface area contributed by atoms with Crippen LogP contribution >= 0.6 is 7.60 Å². The average molecular weight is 181 g/mol. The molecule has 0 amide bonds. The number of hydrogen-bond acceptors (Lipinski definition) is 5. The summed E-state index contributed by atoms with van der Waals surface area (Å²) in [7, 11) is -0.809. The van der Waals surface area contributed by atoms with Crippen molar-refractivity contribution in [2.45, 2.75) is 13.3 Å². The van der Waals surface area contributed by atoms with Gasteiger partial charge in [-0.1, -0.05) is 12.1 Å². The third-order valence-corrected chi connectivity index (χ3v) is 3.23. The number of rotatable bonds is 4. The summed E-state index contributed by atoms with van der Waals surface area (Å²) in [5.74, 6) is 0. The third-order valence-electron chi connectivity index (χ3n) is 1.23. The molecule has 0 aliphatic rings. The standard InChI is InChI=1S/C5H12NO4P/c1-4-5(6-7)11(8,9-2)10-3/h7H,4H2,1-3H3/b6-5+. The molecule has 0 aromatic carbocycles. The zero-order valence-corrected chi connectivity index (χ0v) is 7.67. The van der Waals surface area contributed by atoms with E-state index in [-0.39, 0.29) is 5.45 Å². The maximum absolute atomic E-state index is 11.4. The fourth-order valence-corrected chi connectivity index (χ4v) is 1.67.